The zero-order valence-corrected chi connectivity index (χ0v) is 9.43. The van der Waals surface area contributed by atoms with Crippen LogP contribution in [0.25, 0.3) is 0 Å². The topological polar surface area (TPSA) is 85.2 Å². The van der Waals surface area contributed by atoms with Crippen LogP contribution in [0.5, 0.6) is 0 Å². The highest BCUT2D eigenvalue weighted by Gasteiger charge is 2.21. The van der Waals surface area contributed by atoms with E-state index >= 15 is 0 Å². The molecule has 0 aliphatic heterocycles. The Morgan fingerprint density at radius 1 is 1.31 bits per heavy atom. The Kier molecular flexibility index (Phi) is 3.90. The van der Waals surface area contributed by atoms with Crippen molar-refractivity contribution in [3.05, 3.63) is 11.7 Å². The summed E-state index contributed by atoms with van der Waals surface area (Å²) in [5, 5.41) is 12.9. The van der Waals surface area contributed by atoms with Crippen molar-refractivity contribution in [1.29, 1.82) is 0 Å². The maximum atomic E-state index is 8.90. The van der Waals surface area contributed by atoms with Crippen LogP contribution in [0.15, 0.2) is 4.52 Å². The summed E-state index contributed by atoms with van der Waals surface area (Å²) in [6, 6.07) is -0.549. The van der Waals surface area contributed by atoms with E-state index in [9.17, 15) is 0 Å². The van der Waals surface area contributed by atoms with Gasteiger partial charge in [-0.3, -0.25) is 0 Å². The van der Waals surface area contributed by atoms with E-state index in [1.165, 1.54) is 25.7 Å². The molecule has 1 aromatic rings. The summed E-state index contributed by atoms with van der Waals surface area (Å²) < 4.78 is 5.07. The predicted molar refractivity (Wildman–Crippen MR) is 58.8 cm³/mol. The number of hydrogen-bond donors (Lipinski definition) is 2. The summed E-state index contributed by atoms with van der Waals surface area (Å²) >= 11 is 0. The van der Waals surface area contributed by atoms with E-state index in [1.807, 2.05) is 0 Å². The largest absolute Gasteiger partial charge is 0.394 e. The first-order chi connectivity index (χ1) is 7.81. The molecule has 0 saturated heterocycles. The minimum Gasteiger partial charge on any atom is -0.394 e. The lowest BCUT2D eigenvalue weighted by molar-refractivity contribution is 0.236. The smallest absolute Gasteiger partial charge is 0.245 e. The molecule has 1 heterocycles. The van der Waals surface area contributed by atoms with Gasteiger partial charge in [-0.1, -0.05) is 30.8 Å². The Balaban J connectivity index is 2.05. The van der Waals surface area contributed by atoms with Crippen molar-refractivity contribution < 1.29 is 9.63 Å². The van der Waals surface area contributed by atoms with Gasteiger partial charge in [0.25, 0.3) is 0 Å². The molecule has 1 saturated carbocycles. The molecule has 0 amide bonds. The van der Waals surface area contributed by atoms with E-state index in [4.69, 9.17) is 15.4 Å². The molecule has 1 aromatic heterocycles. The summed E-state index contributed by atoms with van der Waals surface area (Å²) in [4.78, 5) is 4.28. The van der Waals surface area contributed by atoms with Crippen LogP contribution in [0.3, 0.4) is 0 Å². The molecular weight excluding hydrogens is 206 g/mol. The van der Waals surface area contributed by atoms with E-state index < -0.39 is 6.04 Å². The van der Waals surface area contributed by atoms with Gasteiger partial charge in [-0.05, 0) is 12.8 Å². The first-order valence-corrected chi connectivity index (χ1v) is 6.01. The molecule has 16 heavy (non-hydrogen) atoms. The highest BCUT2D eigenvalue weighted by atomic mass is 16.5. The summed E-state index contributed by atoms with van der Waals surface area (Å²) in [5.41, 5.74) is 5.62. The monoisotopic (exact) mass is 225 g/mol. The molecule has 2 rings (SSSR count). The van der Waals surface area contributed by atoms with Crippen LogP contribution < -0.4 is 5.73 Å². The second-order valence-corrected chi connectivity index (χ2v) is 4.47. The third-order valence-electron chi connectivity index (χ3n) is 3.19. The van der Waals surface area contributed by atoms with Crippen LogP contribution in [0, 0.1) is 0 Å². The number of aromatic nitrogens is 2. The molecule has 5 heteroatoms. The van der Waals surface area contributed by atoms with E-state index in [0.29, 0.717) is 11.8 Å². The van der Waals surface area contributed by atoms with Gasteiger partial charge < -0.3 is 15.4 Å². The van der Waals surface area contributed by atoms with E-state index in [0.717, 1.165) is 18.7 Å². The molecule has 0 bridgehead atoms. The number of hydrogen-bond acceptors (Lipinski definition) is 5. The molecule has 5 nitrogen and oxygen atoms in total. The fourth-order valence-corrected chi connectivity index (χ4v) is 2.18. The normalized spacial score (nSPS) is 20.6. The summed E-state index contributed by atoms with van der Waals surface area (Å²) in [6.07, 6.45) is 7.34. The Morgan fingerprint density at radius 2 is 2.00 bits per heavy atom. The van der Waals surface area contributed by atoms with Crippen LogP contribution in [-0.2, 0) is 0 Å². The second kappa shape index (κ2) is 5.41. The summed E-state index contributed by atoms with van der Waals surface area (Å²) in [7, 11) is 0. The molecule has 0 spiro atoms. The maximum absolute atomic E-state index is 8.90. The van der Waals surface area contributed by atoms with Crippen LogP contribution in [0.2, 0.25) is 0 Å². The van der Waals surface area contributed by atoms with Crippen molar-refractivity contribution in [3.63, 3.8) is 0 Å². The fourth-order valence-electron chi connectivity index (χ4n) is 2.18. The van der Waals surface area contributed by atoms with Crippen LogP contribution in [-0.4, -0.2) is 21.9 Å². The van der Waals surface area contributed by atoms with Gasteiger partial charge in [-0.2, -0.15) is 4.98 Å². The number of rotatable bonds is 3. The van der Waals surface area contributed by atoms with Crippen LogP contribution in [0.1, 0.15) is 62.2 Å². The molecule has 1 fully saturated rings. The summed E-state index contributed by atoms with van der Waals surface area (Å²) in [5.74, 6) is 1.52. The lowest BCUT2D eigenvalue weighted by Gasteiger charge is -2.07. The predicted octanol–water partition coefficient (Wildman–Crippen LogP) is 1.50. The number of aliphatic hydroxyl groups excluding tert-OH is 1. The zero-order valence-electron chi connectivity index (χ0n) is 9.43. The quantitative estimate of drug-likeness (QED) is 0.761. The molecule has 1 aliphatic carbocycles. The number of nitrogens with zero attached hydrogens (tertiary/aromatic N) is 2. The lowest BCUT2D eigenvalue weighted by atomic mass is 10.00. The molecule has 90 valence electrons. The van der Waals surface area contributed by atoms with Crippen molar-refractivity contribution in [2.75, 3.05) is 6.61 Å². The molecule has 1 aliphatic rings. The highest BCUT2D eigenvalue weighted by Crippen LogP contribution is 2.30. The van der Waals surface area contributed by atoms with Gasteiger partial charge in [0, 0.05) is 5.92 Å². The van der Waals surface area contributed by atoms with Crippen LogP contribution >= 0.6 is 0 Å². The van der Waals surface area contributed by atoms with Gasteiger partial charge in [-0.15, -0.1) is 0 Å². The first-order valence-electron chi connectivity index (χ1n) is 6.01. The molecule has 1 atom stereocenters. The van der Waals surface area contributed by atoms with Gasteiger partial charge in [0.2, 0.25) is 5.89 Å². The third-order valence-corrected chi connectivity index (χ3v) is 3.19. The van der Waals surface area contributed by atoms with Crippen molar-refractivity contribution in [1.82, 2.24) is 10.1 Å². The van der Waals surface area contributed by atoms with E-state index in [1.54, 1.807) is 0 Å². The van der Waals surface area contributed by atoms with Gasteiger partial charge in [0.05, 0.1) is 6.61 Å². The molecule has 0 radical (unpaired) electrons. The zero-order chi connectivity index (χ0) is 11.4. The average Bonchev–Trinajstić information content (AvgIpc) is 2.64. The van der Waals surface area contributed by atoms with Gasteiger partial charge >= 0.3 is 0 Å². The molecule has 3 N–H and O–H groups in total. The Labute approximate surface area is 95.0 Å². The lowest BCUT2D eigenvalue weighted by Crippen LogP contribution is -2.15. The van der Waals surface area contributed by atoms with Crippen LogP contribution in [0.4, 0.5) is 0 Å². The van der Waals surface area contributed by atoms with Crippen molar-refractivity contribution in [2.24, 2.45) is 5.73 Å². The van der Waals surface area contributed by atoms with Gasteiger partial charge in [-0.25, -0.2) is 0 Å². The Morgan fingerprint density at radius 3 is 2.62 bits per heavy atom. The highest BCUT2D eigenvalue weighted by molar-refractivity contribution is 4.98. The first kappa shape index (κ1) is 11.5. The SMILES string of the molecule is NC(CO)c1nc(C2CCCCCC2)no1. The van der Waals surface area contributed by atoms with Crippen molar-refractivity contribution in [3.8, 4) is 0 Å². The summed E-state index contributed by atoms with van der Waals surface area (Å²) in [6.45, 7) is -0.160. The maximum Gasteiger partial charge on any atom is 0.245 e. The van der Waals surface area contributed by atoms with Crippen molar-refractivity contribution in [2.45, 2.75) is 50.5 Å². The minimum absolute atomic E-state index is 0.160. The second-order valence-electron chi connectivity index (χ2n) is 4.47. The average molecular weight is 225 g/mol. The number of aliphatic hydroxyl groups is 1. The molecule has 0 aromatic carbocycles. The molecular formula is C11H19N3O2. The Bertz CT molecular complexity index is 319. The number of nitrogens with two attached hydrogens (primary N) is 1. The minimum atomic E-state index is -0.549. The van der Waals surface area contributed by atoms with Gasteiger partial charge in [0.15, 0.2) is 5.82 Å². The fraction of sp³-hybridized carbons (Fsp3) is 0.818. The van der Waals surface area contributed by atoms with E-state index in [-0.39, 0.29) is 6.61 Å². The van der Waals surface area contributed by atoms with Gasteiger partial charge in [0.1, 0.15) is 6.04 Å². The van der Waals surface area contributed by atoms with Crippen molar-refractivity contribution >= 4 is 0 Å². The standard InChI is InChI=1S/C11H19N3O2/c12-9(7-15)11-13-10(14-16-11)8-5-3-1-2-4-6-8/h8-9,15H,1-7,12H2. The molecule has 1 unspecified atom stereocenters. The third kappa shape index (κ3) is 2.59. The Hall–Kier alpha value is -0.940. The van der Waals surface area contributed by atoms with E-state index in [2.05, 4.69) is 10.1 Å².